The summed E-state index contributed by atoms with van der Waals surface area (Å²) < 4.78 is 29.9. The summed E-state index contributed by atoms with van der Waals surface area (Å²) >= 11 is 0. The van der Waals surface area contributed by atoms with Gasteiger partial charge in [0.15, 0.2) is 0 Å². The van der Waals surface area contributed by atoms with Gasteiger partial charge < -0.3 is 10.1 Å². The molecule has 0 amide bonds. The minimum absolute atomic E-state index is 0.116. The zero-order valence-electron chi connectivity index (χ0n) is 6.20. The van der Waals surface area contributed by atoms with Crippen molar-refractivity contribution in [2.45, 2.75) is 31.0 Å². The predicted octanol–water partition coefficient (Wildman–Crippen LogP) is 1.12. The van der Waals surface area contributed by atoms with E-state index in [2.05, 4.69) is 5.32 Å². The molecule has 1 unspecified atom stereocenters. The van der Waals surface area contributed by atoms with Gasteiger partial charge in [-0.3, -0.25) is 0 Å². The molecule has 64 valence electrons. The molecule has 0 aromatic rings. The number of hydrogen-bond donors (Lipinski definition) is 1. The number of ether oxygens (including phenoxy) is 1. The molecule has 0 radical (unpaired) electrons. The first-order chi connectivity index (χ1) is 5.12. The average Bonchev–Trinajstić information content (AvgIpc) is 2.43. The Morgan fingerprint density at radius 1 is 1.18 bits per heavy atom. The molecule has 0 aromatic heterocycles. The summed E-state index contributed by atoms with van der Waals surface area (Å²) in [6, 6.07) is 0. The molecule has 2 aliphatic heterocycles. The fourth-order valence-corrected chi connectivity index (χ4v) is 1.81. The molecule has 4 heteroatoms. The van der Waals surface area contributed by atoms with E-state index in [0.29, 0.717) is 13.0 Å². The SMILES string of the molecule is FC1(F)CCC2(CCNC2)O1. The fourth-order valence-electron chi connectivity index (χ4n) is 1.81. The molecule has 2 fully saturated rings. The first-order valence-electron chi connectivity index (χ1n) is 3.91. The fraction of sp³-hybridized carbons (Fsp3) is 1.00. The summed E-state index contributed by atoms with van der Waals surface area (Å²) in [7, 11) is 0. The molecule has 1 spiro atoms. The zero-order valence-corrected chi connectivity index (χ0v) is 6.20. The van der Waals surface area contributed by atoms with Crippen molar-refractivity contribution in [2.24, 2.45) is 0 Å². The van der Waals surface area contributed by atoms with Crippen LogP contribution in [0.2, 0.25) is 0 Å². The lowest BCUT2D eigenvalue weighted by atomic mass is 10.00. The second kappa shape index (κ2) is 2.14. The van der Waals surface area contributed by atoms with Crippen molar-refractivity contribution in [3.05, 3.63) is 0 Å². The quantitative estimate of drug-likeness (QED) is 0.577. The van der Waals surface area contributed by atoms with Gasteiger partial charge in [-0.15, -0.1) is 0 Å². The van der Waals surface area contributed by atoms with Crippen LogP contribution in [0.25, 0.3) is 0 Å². The van der Waals surface area contributed by atoms with Gasteiger partial charge in [-0.05, 0) is 19.4 Å². The summed E-state index contributed by atoms with van der Waals surface area (Å²) in [5, 5.41) is 3.03. The third kappa shape index (κ3) is 1.25. The van der Waals surface area contributed by atoms with Gasteiger partial charge in [-0.2, -0.15) is 8.78 Å². The van der Waals surface area contributed by atoms with Crippen molar-refractivity contribution in [3.63, 3.8) is 0 Å². The molecule has 0 bridgehead atoms. The molecule has 2 rings (SSSR count). The Labute approximate surface area is 63.9 Å². The van der Waals surface area contributed by atoms with Crippen LogP contribution in [-0.2, 0) is 4.74 Å². The molecular formula is C7H11F2NO. The molecular weight excluding hydrogens is 152 g/mol. The molecule has 2 aliphatic rings. The highest BCUT2D eigenvalue weighted by Gasteiger charge is 2.51. The highest BCUT2D eigenvalue weighted by molar-refractivity contribution is 4.95. The third-order valence-corrected chi connectivity index (χ3v) is 2.44. The monoisotopic (exact) mass is 163 g/mol. The molecule has 2 nitrogen and oxygen atoms in total. The Morgan fingerprint density at radius 3 is 2.45 bits per heavy atom. The van der Waals surface area contributed by atoms with Gasteiger partial charge in [-0.25, -0.2) is 0 Å². The molecule has 1 N–H and O–H groups in total. The van der Waals surface area contributed by atoms with Crippen molar-refractivity contribution < 1.29 is 13.5 Å². The maximum Gasteiger partial charge on any atom is 0.356 e. The summed E-state index contributed by atoms with van der Waals surface area (Å²) in [4.78, 5) is 0. The number of halogens is 2. The van der Waals surface area contributed by atoms with E-state index >= 15 is 0 Å². The third-order valence-electron chi connectivity index (χ3n) is 2.44. The number of alkyl halides is 2. The van der Waals surface area contributed by atoms with Crippen molar-refractivity contribution in [1.29, 1.82) is 0 Å². The summed E-state index contributed by atoms with van der Waals surface area (Å²) in [6.45, 7) is 1.39. The van der Waals surface area contributed by atoms with Gasteiger partial charge in [0.2, 0.25) is 0 Å². The van der Waals surface area contributed by atoms with Gasteiger partial charge in [0.25, 0.3) is 0 Å². The Bertz CT molecular complexity index is 166. The van der Waals surface area contributed by atoms with E-state index in [0.717, 1.165) is 13.0 Å². The van der Waals surface area contributed by atoms with Crippen LogP contribution >= 0.6 is 0 Å². The van der Waals surface area contributed by atoms with E-state index in [1.54, 1.807) is 0 Å². The molecule has 0 aromatic carbocycles. The Hall–Kier alpha value is -0.220. The lowest BCUT2D eigenvalue weighted by Gasteiger charge is -2.21. The lowest BCUT2D eigenvalue weighted by molar-refractivity contribution is -0.248. The van der Waals surface area contributed by atoms with Crippen LogP contribution in [-0.4, -0.2) is 24.8 Å². The molecule has 11 heavy (non-hydrogen) atoms. The summed E-state index contributed by atoms with van der Waals surface area (Å²) in [5.74, 6) is 0. The van der Waals surface area contributed by atoms with Gasteiger partial charge in [-0.1, -0.05) is 0 Å². The number of nitrogens with one attached hydrogen (secondary N) is 1. The van der Waals surface area contributed by atoms with Gasteiger partial charge in [0.1, 0.15) is 0 Å². The van der Waals surface area contributed by atoms with E-state index in [-0.39, 0.29) is 6.42 Å². The minimum atomic E-state index is -2.87. The largest absolute Gasteiger partial charge is 0.356 e. The molecule has 1 atom stereocenters. The summed E-state index contributed by atoms with van der Waals surface area (Å²) in [6.07, 6.45) is -1.77. The van der Waals surface area contributed by atoms with Crippen LogP contribution in [0, 0.1) is 0 Å². The van der Waals surface area contributed by atoms with Crippen molar-refractivity contribution in [3.8, 4) is 0 Å². The molecule has 2 heterocycles. The van der Waals surface area contributed by atoms with Crippen molar-refractivity contribution >= 4 is 0 Å². The van der Waals surface area contributed by atoms with E-state index in [1.807, 2.05) is 0 Å². The van der Waals surface area contributed by atoms with Crippen LogP contribution in [0.4, 0.5) is 8.78 Å². The number of rotatable bonds is 0. The van der Waals surface area contributed by atoms with Crippen LogP contribution in [0.3, 0.4) is 0 Å². The molecule has 0 saturated carbocycles. The second-order valence-corrected chi connectivity index (χ2v) is 3.35. The van der Waals surface area contributed by atoms with Crippen molar-refractivity contribution in [1.82, 2.24) is 5.32 Å². The Morgan fingerprint density at radius 2 is 2.00 bits per heavy atom. The first kappa shape index (κ1) is 7.43. The Kier molecular flexibility index (Phi) is 1.44. The summed E-state index contributed by atoms with van der Waals surface area (Å²) in [5.41, 5.74) is -0.538. The van der Waals surface area contributed by atoms with Crippen LogP contribution in [0.15, 0.2) is 0 Å². The zero-order chi connectivity index (χ0) is 7.95. The highest BCUT2D eigenvalue weighted by Crippen LogP contribution is 2.42. The maximum absolute atomic E-state index is 12.6. The topological polar surface area (TPSA) is 21.3 Å². The second-order valence-electron chi connectivity index (χ2n) is 3.35. The highest BCUT2D eigenvalue weighted by atomic mass is 19.3. The van der Waals surface area contributed by atoms with E-state index in [1.165, 1.54) is 0 Å². The average molecular weight is 163 g/mol. The van der Waals surface area contributed by atoms with E-state index in [9.17, 15) is 8.78 Å². The first-order valence-corrected chi connectivity index (χ1v) is 3.91. The van der Waals surface area contributed by atoms with Crippen LogP contribution in [0.1, 0.15) is 19.3 Å². The lowest BCUT2D eigenvalue weighted by Crippen LogP contribution is -2.33. The standard InChI is InChI=1S/C7H11F2NO/c8-7(9)2-1-6(11-7)3-4-10-5-6/h10H,1-5H2. The smallest absolute Gasteiger partial charge is 0.314 e. The van der Waals surface area contributed by atoms with Crippen molar-refractivity contribution in [2.75, 3.05) is 13.1 Å². The minimum Gasteiger partial charge on any atom is -0.314 e. The number of hydrogen-bond acceptors (Lipinski definition) is 2. The molecule has 0 aliphatic carbocycles. The Balaban J connectivity index is 2.07. The van der Waals surface area contributed by atoms with E-state index in [4.69, 9.17) is 4.74 Å². The van der Waals surface area contributed by atoms with Gasteiger partial charge in [0.05, 0.1) is 5.60 Å². The maximum atomic E-state index is 12.6. The van der Waals surface area contributed by atoms with E-state index < -0.39 is 11.7 Å². The van der Waals surface area contributed by atoms with Crippen LogP contribution < -0.4 is 5.32 Å². The normalized spacial score (nSPS) is 42.0. The van der Waals surface area contributed by atoms with Gasteiger partial charge >= 0.3 is 6.11 Å². The van der Waals surface area contributed by atoms with Crippen LogP contribution in [0.5, 0.6) is 0 Å². The predicted molar refractivity (Wildman–Crippen MR) is 35.5 cm³/mol. The molecule has 2 saturated heterocycles. The van der Waals surface area contributed by atoms with Gasteiger partial charge in [0, 0.05) is 13.0 Å².